The topological polar surface area (TPSA) is 95.7 Å². The maximum absolute atomic E-state index is 13.1. The van der Waals surface area contributed by atoms with E-state index in [1.165, 1.54) is 0 Å². The molecule has 0 saturated carbocycles. The monoisotopic (exact) mass is 405 g/mol. The summed E-state index contributed by atoms with van der Waals surface area (Å²) in [7, 11) is -2.68. The molecule has 6 nitrogen and oxygen atoms in total. The normalized spacial score (nSPS) is 11.7. The predicted octanol–water partition coefficient (Wildman–Crippen LogP) is 3.95. The van der Waals surface area contributed by atoms with Gasteiger partial charge in [0.2, 0.25) is 0 Å². The van der Waals surface area contributed by atoms with Crippen molar-refractivity contribution in [3.63, 3.8) is 0 Å². The zero-order valence-corrected chi connectivity index (χ0v) is 17.7. The Morgan fingerprint density at radius 2 is 1.68 bits per heavy atom. The molecular formula is C21H27NO5S. The van der Waals surface area contributed by atoms with E-state index in [1.54, 1.807) is 25.3 Å². The molecule has 0 atom stereocenters. The third-order valence-electron chi connectivity index (χ3n) is 4.47. The molecular weight excluding hydrogens is 378 g/mol. The van der Waals surface area contributed by atoms with Crippen LogP contribution in [0.25, 0.3) is 0 Å². The van der Waals surface area contributed by atoms with Crippen LogP contribution in [0.15, 0.2) is 36.4 Å². The van der Waals surface area contributed by atoms with E-state index in [4.69, 9.17) is 14.1 Å². The molecule has 0 radical (unpaired) electrons. The lowest BCUT2D eigenvalue weighted by Crippen LogP contribution is -2.22. The maximum atomic E-state index is 13.1. The van der Waals surface area contributed by atoms with E-state index >= 15 is 0 Å². The van der Waals surface area contributed by atoms with Crippen molar-refractivity contribution in [2.24, 2.45) is 5.14 Å². The molecule has 152 valence electrons. The molecule has 0 amide bonds. The predicted molar refractivity (Wildman–Crippen MR) is 109 cm³/mol. The molecule has 0 fully saturated rings. The Kier molecular flexibility index (Phi) is 6.85. The summed E-state index contributed by atoms with van der Waals surface area (Å²) in [4.78, 5) is 13.1. The first-order valence-electron chi connectivity index (χ1n) is 9.09. The summed E-state index contributed by atoms with van der Waals surface area (Å²) in [5.74, 6) is 0.475. The molecule has 0 saturated heterocycles. The molecule has 0 aromatic heterocycles. The summed E-state index contributed by atoms with van der Waals surface area (Å²) in [6.07, 6.45) is 0.125. The fourth-order valence-electron chi connectivity index (χ4n) is 3.21. The van der Waals surface area contributed by atoms with Crippen LogP contribution in [0.5, 0.6) is 11.5 Å². The highest BCUT2D eigenvalue weighted by Gasteiger charge is 2.25. The second kappa shape index (κ2) is 8.75. The van der Waals surface area contributed by atoms with Gasteiger partial charge in [0, 0.05) is 23.1 Å². The van der Waals surface area contributed by atoms with Crippen LogP contribution in [0, 0.1) is 0 Å². The molecule has 0 heterocycles. The Hall–Kier alpha value is -2.38. The quantitative estimate of drug-likeness (QED) is 0.671. The van der Waals surface area contributed by atoms with Crippen LogP contribution >= 0.6 is 0 Å². The minimum atomic E-state index is -4.23. The summed E-state index contributed by atoms with van der Waals surface area (Å²) in [6, 6.07) is 10.8. The Bertz CT molecular complexity index is 965. The third kappa shape index (κ3) is 5.11. The smallest absolute Gasteiger partial charge is 0.380 e. The van der Waals surface area contributed by atoms with E-state index in [0.29, 0.717) is 22.4 Å². The molecule has 7 heteroatoms. The van der Waals surface area contributed by atoms with Gasteiger partial charge in [0.05, 0.1) is 7.11 Å². The summed E-state index contributed by atoms with van der Waals surface area (Å²) in [5.41, 5.74) is 2.40. The summed E-state index contributed by atoms with van der Waals surface area (Å²) in [5, 5.41) is 5.14. The van der Waals surface area contributed by atoms with Gasteiger partial charge in [0.25, 0.3) is 0 Å². The number of ketones is 1. The minimum Gasteiger partial charge on any atom is -0.496 e. The fraction of sp³-hybridized carbons (Fsp3) is 0.381. The van der Waals surface area contributed by atoms with Gasteiger partial charge < -0.3 is 8.92 Å². The van der Waals surface area contributed by atoms with E-state index in [9.17, 15) is 13.2 Å². The van der Waals surface area contributed by atoms with Crippen LogP contribution in [0.3, 0.4) is 0 Å². The van der Waals surface area contributed by atoms with Crippen molar-refractivity contribution >= 4 is 16.1 Å². The summed E-state index contributed by atoms with van der Waals surface area (Å²) >= 11 is 0. The maximum Gasteiger partial charge on any atom is 0.380 e. The SMILES string of the molecule is COc1ccccc1CC(=O)c1ccc(C(C)C)c(OS(N)(=O)=O)c1C(C)C. The van der Waals surface area contributed by atoms with Crippen LogP contribution in [0.2, 0.25) is 0 Å². The Balaban J connectivity index is 2.60. The lowest BCUT2D eigenvalue weighted by atomic mass is 9.87. The highest BCUT2D eigenvalue weighted by molar-refractivity contribution is 7.84. The zero-order valence-electron chi connectivity index (χ0n) is 16.9. The Morgan fingerprint density at radius 3 is 2.21 bits per heavy atom. The van der Waals surface area contributed by atoms with Crippen molar-refractivity contribution in [3.05, 3.63) is 58.7 Å². The number of methoxy groups -OCH3 is 1. The van der Waals surface area contributed by atoms with Gasteiger partial charge in [-0.1, -0.05) is 58.0 Å². The van der Waals surface area contributed by atoms with Gasteiger partial charge in [0.15, 0.2) is 11.5 Å². The largest absolute Gasteiger partial charge is 0.496 e. The minimum absolute atomic E-state index is 0.00683. The van der Waals surface area contributed by atoms with E-state index in [2.05, 4.69) is 0 Å². The molecule has 0 bridgehead atoms. The highest BCUT2D eigenvalue weighted by Crippen LogP contribution is 2.38. The van der Waals surface area contributed by atoms with Gasteiger partial charge in [-0.3, -0.25) is 4.79 Å². The number of nitrogens with two attached hydrogens (primary N) is 1. The summed E-state index contributed by atoms with van der Waals surface area (Å²) < 4.78 is 33.8. The fourth-order valence-corrected chi connectivity index (χ4v) is 3.63. The molecule has 2 N–H and O–H groups in total. The standard InChI is InChI=1S/C21H27NO5S/c1-13(2)16-10-11-17(20(14(3)4)21(16)27-28(22,24)25)18(23)12-15-8-6-7-9-19(15)26-5/h6-11,13-14H,12H2,1-5H3,(H2,22,24,25). The van der Waals surface area contributed by atoms with Gasteiger partial charge in [-0.15, -0.1) is 0 Å². The number of carbonyl (C=O) groups is 1. The van der Waals surface area contributed by atoms with Crippen molar-refractivity contribution in [1.29, 1.82) is 0 Å². The van der Waals surface area contributed by atoms with Crippen molar-refractivity contribution < 1.29 is 22.1 Å². The van der Waals surface area contributed by atoms with Gasteiger partial charge in [-0.25, -0.2) is 0 Å². The van der Waals surface area contributed by atoms with Crippen LogP contribution in [-0.2, 0) is 16.7 Å². The molecule has 0 aliphatic rings. The van der Waals surface area contributed by atoms with Crippen molar-refractivity contribution in [2.75, 3.05) is 7.11 Å². The van der Waals surface area contributed by atoms with Crippen LogP contribution in [0.1, 0.15) is 66.6 Å². The van der Waals surface area contributed by atoms with Gasteiger partial charge >= 0.3 is 10.3 Å². The van der Waals surface area contributed by atoms with Gasteiger partial charge in [0.1, 0.15) is 5.75 Å². The van der Waals surface area contributed by atoms with Crippen molar-refractivity contribution in [2.45, 2.75) is 46.0 Å². The molecule has 0 aliphatic carbocycles. The number of Topliss-reactive ketones (excluding diaryl/α,β-unsaturated/α-hetero) is 1. The molecule has 2 aromatic carbocycles. The Labute approximate surface area is 166 Å². The van der Waals surface area contributed by atoms with Crippen molar-refractivity contribution in [3.8, 4) is 11.5 Å². The Morgan fingerprint density at radius 1 is 1.04 bits per heavy atom. The van der Waals surface area contributed by atoms with E-state index in [0.717, 1.165) is 5.56 Å². The van der Waals surface area contributed by atoms with Gasteiger partial charge in [-0.2, -0.15) is 13.6 Å². The number of benzene rings is 2. The molecule has 28 heavy (non-hydrogen) atoms. The first-order chi connectivity index (χ1) is 13.0. The molecule has 0 spiro atoms. The molecule has 0 aliphatic heterocycles. The lowest BCUT2D eigenvalue weighted by molar-refractivity contribution is 0.0990. The first kappa shape index (κ1) is 21.9. The van der Waals surface area contributed by atoms with Gasteiger partial charge in [-0.05, 0) is 23.5 Å². The lowest BCUT2D eigenvalue weighted by Gasteiger charge is -2.21. The molecule has 2 aromatic rings. The van der Waals surface area contributed by atoms with E-state index in [-0.39, 0.29) is 29.8 Å². The third-order valence-corrected chi connectivity index (χ3v) is 4.87. The second-order valence-electron chi connectivity index (χ2n) is 7.24. The van der Waals surface area contributed by atoms with E-state index in [1.807, 2.05) is 45.9 Å². The number of carbonyl (C=O) groups excluding carboxylic acids is 1. The number of rotatable bonds is 8. The molecule has 0 unspecified atom stereocenters. The number of hydrogen-bond donors (Lipinski definition) is 1. The van der Waals surface area contributed by atoms with Crippen LogP contribution in [0.4, 0.5) is 0 Å². The van der Waals surface area contributed by atoms with Crippen LogP contribution < -0.4 is 14.1 Å². The number of hydrogen-bond acceptors (Lipinski definition) is 5. The van der Waals surface area contributed by atoms with E-state index < -0.39 is 10.3 Å². The number of ether oxygens (including phenoxy) is 1. The average molecular weight is 406 g/mol. The summed E-state index contributed by atoms with van der Waals surface area (Å²) in [6.45, 7) is 7.61. The zero-order chi connectivity index (χ0) is 21.1. The highest BCUT2D eigenvalue weighted by atomic mass is 32.2. The van der Waals surface area contributed by atoms with Crippen LogP contribution in [-0.4, -0.2) is 21.3 Å². The van der Waals surface area contributed by atoms with Crippen molar-refractivity contribution in [1.82, 2.24) is 0 Å². The number of para-hydroxylation sites is 1. The molecule has 2 rings (SSSR count). The first-order valence-corrected chi connectivity index (χ1v) is 10.6. The average Bonchev–Trinajstić information content (AvgIpc) is 2.59. The second-order valence-corrected chi connectivity index (χ2v) is 8.39.